The van der Waals surface area contributed by atoms with Crippen molar-refractivity contribution in [1.29, 1.82) is 0 Å². The quantitative estimate of drug-likeness (QED) is 0.803. The van der Waals surface area contributed by atoms with E-state index in [0.717, 1.165) is 0 Å². The number of rotatable bonds is 6. The van der Waals surface area contributed by atoms with Gasteiger partial charge in [-0.15, -0.1) is 0 Å². The second-order valence-electron chi connectivity index (χ2n) is 5.85. The van der Waals surface area contributed by atoms with Crippen LogP contribution in [0.25, 0.3) is 0 Å². The van der Waals surface area contributed by atoms with Gasteiger partial charge in [0.05, 0.1) is 21.3 Å². The molecule has 2 aromatic carbocycles. The predicted molar refractivity (Wildman–Crippen MR) is 98.2 cm³/mol. The third-order valence-corrected chi connectivity index (χ3v) is 4.59. The van der Waals surface area contributed by atoms with E-state index in [-0.39, 0.29) is 5.56 Å². The normalized spacial score (nSPS) is 11.8. The molecule has 0 fully saturated rings. The molecule has 0 aliphatic carbocycles. The van der Waals surface area contributed by atoms with Crippen molar-refractivity contribution in [1.82, 2.24) is 0 Å². The van der Waals surface area contributed by atoms with Crippen LogP contribution >= 0.6 is 0 Å². The van der Waals surface area contributed by atoms with Crippen molar-refractivity contribution in [3.05, 3.63) is 59.7 Å². The first kappa shape index (κ1) is 18.9. The predicted octanol–water partition coefficient (Wildman–Crippen LogP) is 3.34. The molecule has 1 amide bonds. The standard InChI is InChI=1S/C19H21NO4S/c1-13(2)14-8-10-15(11-9-14)20-18(21)12-24-19(22)16-6-4-5-7-17(16)25(3)23/h4-11,13H,12H2,1-3H3,(H,20,21)/t25-/m0/s1. The minimum atomic E-state index is -1.31. The molecular weight excluding hydrogens is 338 g/mol. The van der Waals surface area contributed by atoms with E-state index in [1.165, 1.54) is 17.9 Å². The Balaban J connectivity index is 1.93. The number of carbonyl (C=O) groups is 2. The van der Waals surface area contributed by atoms with Crippen LogP contribution < -0.4 is 5.32 Å². The second kappa shape index (κ2) is 8.58. The Morgan fingerprint density at radius 1 is 1.08 bits per heavy atom. The largest absolute Gasteiger partial charge is 0.452 e. The fourth-order valence-electron chi connectivity index (χ4n) is 2.24. The highest BCUT2D eigenvalue weighted by atomic mass is 32.2. The lowest BCUT2D eigenvalue weighted by atomic mass is 10.0. The number of anilines is 1. The van der Waals surface area contributed by atoms with E-state index < -0.39 is 29.3 Å². The first-order valence-corrected chi connectivity index (χ1v) is 9.43. The topological polar surface area (TPSA) is 72.5 Å². The average Bonchev–Trinajstić information content (AvgIpc) is 2.60. The van der Waals surface area contributed by atoms with Gasteiger partial charge in [-0.05, 0) is 35.7 Å². The van der Waals surface area contributed by atoms with Crippen molar-refractivity contribution >= 4 is 28.4 Å². The molecule has 2 rings (SSSR count). The van der Waals surface area contributed by atoms with Crippen LogP contribution in [0.3, 0.4) is 0 Å². The maximum Gasteiger partial charge on any atom is 0.339 e. The van der Waals surface area contributed by atoms with Gasteiger partial charge in [0.1, 0.15) is 0 Å². The number of hydrogen-bond acceptors (Lipinski definition) is 4. The van der Waals surface area contributed by atoms with Gasteiger partial charge in [-0.3, -0.25) is 9.00 Å². The lowest BCUT2D eigenvalue weighted by Gasteiger charge is -2.10. The van der Waals surface area contributed by atoms with Gasteiger partial charge in [0, 0.05) is 11.9 Å². The molecule has 0 radical (unpaired) electrons. The fraction of sp³-hybridized carbons (Fsp3) is 0.263. The molecule has 0 saturated carbocycles. The monoisotopic (exact) mass is 359 g/mol. The Morgan fingerprint density at radius 2 is 1.72 bits per heavy atom. The molecule has 0 spiro atoms. The molecule has 2 aromatic rings. The van der Waals surface area contributed by atoms with Gasteiger partial charge in [-0.2, -0.15) is 0 Å². The van der Waals surface area contributed by atoms with E-state index in [9.17, 15) is 13.8 Å². The SMILES string of the molecule is CC(C)c1ccc(NC(=O)COC(=O)c2ccccc2[S@](C)=O)cc1. The molecular formula is C19H21NO4S. The van der Waals surface area contributed by atoms with Gasteiger partial charge < -0.3 is 10.1 Å². The molecule has 0 heterocycles. The summed E-state index contributed by atoms with van der Waals surface area (Å²) in [6.07, 6.45) is 1.49. The molecule has 6 heteroatoms. The van der Waals surface area contributed by atoms with Crippen molar-refractivity contribution in [2.24, 2.45) is 0 Å². The van der Waals surface area contributed by atoms with Crippen LogP contribution in [0.15, 0.2) is 53.4 Å². The van der Waals surface area contributed by atoms with Gasteiger partial charge in [0.15, 0.2) is 6.61 Å². The van der Waals surface area contributed by atoms with Gasteiger partial charge >= 0.3 is 5.97 Å². The minimum Gasteiger partial charge on any atom is -0.452 e. The van der Waals surface area contributed by atoms with Crippen LogP contribution in [0, 0.1) is 0 Å². The van der Waals surface area contributed by atoms with Crippen LogP contribution in [-0.2, 0) is 20.3 Å². The number of carbonyl (C=O) groups excluding carboxylic acids is 2. The second-order valence-corrected chi connectivity index (χ2v) is 7.20. The molecule has 1 atom stereocenters. The van der Waals surface area contributed by atoms with Gasteiger partial charge in [0.2, 0.25) is 0 Å². The smallest absolute Gasteiger partial charge is 0.339 e. The van der Waals surface area contributed by atoms with Crippen molar-refractivity contribution in [3.8, 4) is 0 Å². The zero-order chi connectivity index (χ0) is 18.4. The summed E-state index contributed by atoms with van der Waals surface area (Å²) in [5, 5.41) is 2.68. The Labute approximate surface area is 149 Å². The molecule has 0 aromatic heterocycles. The molecule has 0 aliphatic heterocycles. The first-order chi connectivity index (χ1) is 11.9. The number of amides is 1. The lowest BCUT2D eigenvalue weighted by molar-refractivity contribution is -0.119. The Kier molecular flexibility index (Phi) is 6.47. The average molecular weight is 359 g/mol. The summed E-state index contributed by atoms with van der Waals surface area (Å²) in [7, 11) is -1.31. The molecule has 5 nitrogen and oxygen atoms in total. The summed E-state index contributed by atoms with van der Waals surface area (Å²) in [6, 6.07) is 14.0. The molecule has 0 unspecified atom stereocenters. The van der Waals surface area contributed by atoms with Gasteiger partial charge in [-0.1, -0.05) is 38.1 Å². The number of esters is 1. The van der Waals surface area contributed by atoms with Crippen molar-refractivity contribution in [2.75, 3.05) is 18.2 Å². The van der Waals surface area contributed by atoms with E-state index in [4.69, 9.17) is 4.74 Å². The van der Waals surface area contributed by atoms with E-state index in [2.05, 4.69) is 19.2 Å². The first-order valence-electron chi connectivity index (χ1n) is 7.88. The van der Waals surface area contributed by atoms with Crippen molar-refractivity contribution < 1.29 is 18.5 Å². The zero-order valence-corrected chi connectivity index (χ0v) is 15.3. The number of benzene rings is 2. The van der Waals surface area contributed by atoms with Crippen LogP contribution in [0.1, 0.15) is 35.7 Å². The highest BCUT2D eigenvalue weighted by molar-refractivity contribution is 7.84. The van der Waals surface area contributed by atoms with Crippen LogP contribution in [0.5, 0.6) is 0 Å². The van der Waals surface area contributed by atoms with E-state index in [1.807, 2.05) is 24.3 Å². The minimum absolute atomic E-state index is 0.206. The summed E-state index contributed by atoms with van der Waals surface area (Å²) in [4.78, 5) is 24.4. The number of nitrogens with one attached hydrogen (secondary N) is 1. The Hall–Kier alpha value is -2.47. The molecule has 25 heavy (non-hydrogen) atoms. The van der Waals surface area contributed by atoms with E-state index in [0.29, 0.717) is 16.5 Å². The zero-order valence-electron chi connectivity index (χ0n) is 14.4. The molecule has 0 saturated heterocycles. The highest BCUT2D eigenvalue weighted by Gasteiger charge is 2.16. The lowest BCUT2D eigenvalue weighted by Crippen LogP contribution is -2.21. The van der Waals surface area contributed by atoms with Crippen LogP contribution in [0.2, 0.25) is 0 Å². The number of ether oxygens (including phenoxy) is 1. The summed E-state index contributed by atoms with van der Waals surface area (Å²) in [5.41, 5.74) is 2.02. The third-order valence-electron chi connectivity index (χ3n) is 3.61. The summed E-state index contributed by atoms with van der Waals surface area (Å²) >= 11 is 0. The number of hydrogen-bond donors (Lipinski definition) is 1. The van der Waals surface area contributed by atoms with Crippen molar-refractivity contribution in [2.45, 2.75) is 24.7 Å². The molecule has 0 bridgehead atoms. The van der Waals surface area contributed by atoms with Gasteiger partial charge in [-0.25, -0.2) is 4.79 Å². The summed E-state index contributed by atoms with van der Waals surface area (Å²) < 4.78 is 16.7. The fourth-order valence-corrected chi connectivity index (χ4v) is 2.97. The van der Waals surface area contributed by atoms with Crippen LogP contribution in [-0.4, -0.2) is 28.9 Å². The Morgan fingerprint density at radius 3 is 2.32 bits per heavy atom. The molecule has 1 N–H and O–H groups in total. The third kappa shape index (κ3) is 5.26. The maximum atomic E-state index is 12.1. The van der Waals surface area contributed by atoms with Crippen molar-refractivity contribution in [3.63, 3.8) is 0 Å². The van der Waals surface area contributed by atoms with E-state index in [1.54, 1.807) is 18.2 Å². The van der Waals surface area contributed by atoms with Crippen LogP contribution in [0.4, 0.5) is 5.69 Å². The molecule has 0 aliphatic rings. The Bertz CT molecular complexity index is 784. The van der Waals surface area contributed by atoms with E-state index >= 15 is 0 Å². The summed E-state index contributed by atoms with van der Waals surface area (Å²) in [5.74, 6) is -0.688. The molecule has 132 valence electrons. The van der Waals surface area contributed by atoms with Gasteiger partial charge in [0.25, 0.3) is 5.91 Å². The highest BCUT2D eigenvalue weighted by Crippen LogP contribution is 2.17. The summed E-state index contributed by atoms with van der Waals surface area (Å²) in [6.45, 7) is 3.78. The maximum absolute atomic E-state index is 12.1.